The molecule has 0 radical (unpaired) electrons. The number of hydrogen-bond donors (Lipinski definition) is 3. The van der Waals surface area contributed by atoms with Crippen LogP contribution in [0, 0.1) is 0 Å². The molecule has 2 heterocycles. The molecule has 0 bridgehead atoms. The summed E-state index contributed by atoms with van der Waals surface area (Å²) in [6.07, 6.45) is 1.04. The van der Waals surface area contributed by atoms with Gasteiger partial charge in [0.25, 0.3) is 5.56 Å². The molecule has 6 heteroatoms. The summed E-state index contributed by atoms with van der Waals surface area (Å²) in [5.74, 6) is 0.301. The second-order valence-electron chi connectivity index (χ2n) is 7.91. The fourth-order valence-electron chi connectivity index (χ4n) is 4.42. The first-order valence-corrected chi connectivity index (χ1v) is 10.1. The molecule has 4 N–H and O–H groups in total. The highest BCUT2D eigenvalue weighted by atomic mass is 16.1. The van der Waals surface area contributed by atoms with Gasteiger partial charge in [-0.05, 0) is 23.5 Å². The number of nitrogen functional groups attached to an aromatic ring is 1. The van der Waals surface area contributed by atoms with Crippen molar-refractivity contribution in [3.8, 4) is 0 Å². The monoisotopic (exact) mass is 398 g/mol. The van der Waals surface area contributed by atoms with Gasteiger partial charge in [-0.1, -0.05) is 62.4 Å². The number of allylic oxidation sites excluding steroid dienone is 1. The minimum Gasteiger partial charge on any atom is -0.369 e. The zero-order chi connectivity index (χ0) is 21.0. The number of aromatic nitrogens is 2. The summed E-state index contributed by atoms with van der Waals surface area (Å²) in [4.78, 5) is 33.2. The van der Waals surface area contributed by atoms with E-state index in [0.717, 1.165) is 17.5 Å². The number of H-pyrrole nitrogens is 1. The Bertz CT molecular complexity index is 1270. The van der Waals surface area contributed by atoms with Gasteiger partial charge in [0, 0.05) is 22.6 Å². The molecule has 6 nitrogen and oxygen atoms in total. The molecule has 30 heavy (non-hydrogen) atoms. The van der Waals surface area contributed by atoms with Crippen molar-refractivity contribution in [3.05, 3.63) is 92.3 Å². The van der Waals surface area contributed by atoms with Crippen LogP contribution in [0.2, 0.25) is 0 Å². The van der Waals surface area contributed by atoms with Gasteiger partial charge < -0.3 is 11.1 Å². The van der Waals surface area contributed by atoms with Gasteiger partial charge in [0.05, 0.1) is 11.3 Å². The Kier molecular flexibility index (Phi) is 4.10. The molecule has 0 saturated carbocycles. The van der Waals surface area contributed by atoms with Crippen molar-refractivity contribution < 1.29 is 4.79 Å². The smallest absolute Gasteiger partial charge is 0.258 e. The lowest BCUT2D eigenvalue weighted by Crippen LogP contribution is -2.28. The van der Waals surface area contributed by atoms with Crippen LogP contribution in [0.5, 0.6) is 0 Å². The van der Waals surface area contributed by atoms with E-state index in [1.165, 1.54) is 5.56 Å². The maximum Gasteiger partial charge on any atom is 0.258 e. The van der Waals surface area contributed by atoms with Crippen molar-refractivity contribution >= 4 is 23.2 Å². The summed E-state index contributed by atoms with van der Waals surface area (Å²) < 4.78 is 0. The van der Waals surface area contributed by atoms with Gasteiger partial charge in [0.1, 0.15) is 5.82 Å². The van der Waals surface area contributed by atoms with E-state index in [0.29, 0.717) is 34.1 Å². The summed E-state index contributed by atoms with van der Waals surface area (Å²) in [7, 11) is 0. The van der Waals surface area contributed by atoms with Crippen molar-refractivity contribution in [2.24, 2.45) is 0 Å². The molecule has 2 aliphatic rings. The number of Topliss-reactive ketones (excluding diaryl/α,β-unsaturated/α-hetero) is 1. The number of nitrogens with two attached hydrogens (primary N) is 1. The topological polar surface area (TPSA) is 101 Å². The number of benzene rings is 2. The van der Waals surface area contributed by atoms with Crippen LogP contribution in [0.25, 0.3) is 5.70 Å². The van der Waals surface area contributed by atoms with Crippen molar-refractivity contribution in [3.63, 3.8) is 0 Å². The minimum atomic E-state index is -0.515. The lowest BCUT2D eigenvalue weighted by molar-refractivity contribution is 0.103. The average Bonchev–Trinajstić information content (AvgIpc) is 3.04. The van der Waals surface area contributed by atoms with Gasteiger partial charge in [0.15, 0.2) is 5.78 Å². The highest BCUT2D eigenvalue weighted by Crippen LogP contribution is 2.47. The Hall–Kier alpha value is -3.67. The van der Waals surface area contributed by atoms with E-state index in [1.54, 1.807) is 0 Å². The number of nitrogens with zero attached hydrogens (tertiary/aromatic N) is 1. The number of ketones is 1. The number of carbonyl (C=O) groups is 1. The van der Waals surface area contributed by atoms with E-state index in [-0.39, 0.29) is 17.3 Å². The standard InChI is InChI=1S/C24H22N4O2/c1-3-12(2)13-8-10-14(11-9-13)17-18-20(15-6-4-5-7-16(15)21(18)29)26-22-19(17)23(30)28-24(25)27-22/h4-12,17H,3H2,1-2H3,(H4,25,26,27,28,30)/t12-,17-/m1/s1. The van der Waals surface area contributed by atoms with Crippen LogP contribution in [-0.2, 0) is 0 Å². The normalized spacial score (nSPS) is 17.8. The van der Waals surface area contributed by atoms with Crippen LogP contribution in [0.1, 0.15) is 64.7 Å². The Morgan fingerprint density at radius 3 is 2.47 bits per heavy atom. The molecule has 0 saturated heterocycles. The third-order valence-electron chi connectivity index (χ3n) is 6.20. The Morgan fingerprint density at radius 1 is 1.07 bits per heavy atom. The first-order chi connectivity index (χ1) is 14.5. The van der Waals surface area contributed by atoms with Gasteiger partial charge in [-0.2, -0.15) is 4.98 Å². The molecular weight excluding hydrogens is 376 g/mol. The van der Waals surface area contributed by atoms with Gasteiger partial charge in [-0.15, -0.1) is 0 Å². The van der Waals surface area contributed by atoms with Gasteiger partial charge in [-0.25, -0.2) is 0 Å². The van der Waals surface area contributed by atoms with E-state index < -0.39 is 5.92 Å². The molecule has 1 aliphatic carbocycles. The van der Waals surface area contributed by atoms with Crippen molar-refractivity contribution in [2.45, 2.75) is 32.1 Å². The van der Waals surface area contributed by atoms with Crippen LogP contribution in [0.4, 0.5) is 11.8 Å². The van der Waals surface area contributed by atoms with Crippen LogP contribution in [-0.4, -0.2) is 15.8 Å². The third kappa shape index (κ3) is 2.60. The Balaban J connectivity index is 1.74. The number of fused-ring (bicyclic) bond motifs is 3. The van der Waals surface area contributed by atoms with Crippen LogP contribution in [0.15, 0.2) is 58.9 Å². The lowest BCUT2D eigenvalue weighted by Gasteiger charge is -2.27. The number of hydrogen-bond acceptors (Lipinski definition) is 5. The fourth-order valence-corrected chi connectivity index (χ4v) is 4.42. The Morgan fingerprint density at radius 2 is 1.77 bits per heavy atom. The first kappa shape index (κ1) is 18.4. The molecule has 0 fully saturated rings. The molecular formula is C24H22N4O2. The van der Waals surface area contributed by atoms with E-state index in [1.807, 2.05) is 36.4 Å². The van der Waals surface area contributed by atoms with Gasteiger partial charge in [-0.3, -0.25) is 14.6 Å². The first-order valence-electron chi connectivity index (χ1n) is 10.1. The maximum absolute atomic E-state index is 13.4. The molecule has 0 unspecified atom stereocenters. The molecule has 2 aromatic carbocycles. The fraction of sp³-hybridized carbons (Fsp3) is 0.208. The molecule has 0 spiro atoms. The molecule has 1 aliphatic heterocycles. The van der Waals surface area contributed by atoms with Crippen LogP contribution >= 0.6 is 0 Å². The van der Waals surface area contributed by atoms with Crippen molar-refractivity contribution in [1.82, 2.24) is 9.97 Å². The second kappa shape index (κ2) is 6.69. The quantitative estimate of drug-likeness (QED) is 0.618. The van der Waals surface area contributed by atoms with E-state index in [4.69, 9.17) is 5.73 Å². The second-order valence-corrected chi connectivity index (χ2v) is 7.91. The predicted molar refractivity (Wildman–Crippen MR) is 118 cm³/mol. The van der Waals surface area contributed by atoms with Gasteiger partial charge >= 0.3 is 0 Å². The number of carbonyl (C=O) groups excluding carboxylic acids is 1. The largest absolute Gasteiger partial charge is 0.369 e. The highest BCUT2D eigenvalue weighted by Gasteiger charge is 2.41. The molecule has 150 valence electrons. The maximum atomic E-state index is 13.4. The zero-order valence-electron chi connectivity index (χ0n) is 16.8. The number of nitrogens with one attached hydrogen (secondary N) is 2. The predicted octanol–water partition coefficient (Wildman–Crippen LogP) is 4.03. The number of rotatable bonds is 3. The summed E-state index contributed by atoms with van der Waals surface area (Å²) in [6.45, 7) is 4.34. The summed E-state index contributed by atoms with van der Waals surface area (Å²) in [5, 5.41) is 3.21. The third-order valence-corrected chi connectivity index (χ3v) is 6.20. The summed E-state index contributed by atoms with van der Waals surface area (Å²) in [5.41, 5.74) is 10.7. The van der Waals surface area contributed by atoms with Crippen LogP contribution in [0.3, 0.4) is 0 Å². The molecule has 1 aromatic heterocycles. The molecule has 2 atom stereocenters. The summed E-state index contributed by atoms with van der Waals surface area (Å²) >= 11 is 0. The summed E-state index contributed by atoms with van der Waals surface area (Å²) in [6, 6.07) is 15.7. The highest BCUT2D eigenvalue weighted by molar-refractivity contribution is 6.23. The number of aromatic amines is 1. The molecule has 5 rings (SSSR count). The van der Waals surface area contributed by atoms with Crippen molar-refractivity contribution in [2.75, 3.05) is 11.1 Å². The van der Waals surface area contributed by atoms with Gasteiger partial charge in [0.2, 0.25) is 5.95 Å². The van der Waals surface area contributed by atoms with E-state index in [2.05, 4.69) is 41.3 Å². The Labute approximate surface area is 173 Å². The molecule has 3 aromatic rings. The van der Waals surface area contributed by atoms with Crippen molar-refractivity contribution in [1.29, 1.82) is 0 Å². The SMILES string of the molecule is CC[C@@H](C)c1ccc([C@@H]2C3=C(Nc4nc(N)[nH]c(=O)c42)c2ccccc2C3=O)cc1. The lowest BCUT2D eigenvalue weighted by atomic mass is 9.81. The average molecular weight is 398 g/mol. The minimum absolute atomic E-state index is 0.0405. The van der Waals surface area contributed by atoms with E-state index in [9.17, 15) is 9.59 Å². The number of anilines is 2. The van der Waals surface area contributed by atoms with E-state index >= 15 is 0 Å². The van der Waals surface area contributed by atoms with Crippen LogP contribution < -0.4 is 16.6 Å². The zero-order valence-corrected chi connectivity index (χ0v) is 16.8. The molecule has 0 amide bonds.